The number of aliphatic hydroxyl groups excluding tert-OH is 1. The molecule has 1 aromatic heterocycles. The second kappa shape index (κ2) is 7.24. The maximum atomic E-state index is 11.3. The number of nitrogens with zero attached hydrogens (tertiary/aromatic N) is 1. The van der Waals surface area contributed by atoms with E-state index in [0.717, 1.165) is 17.1 Å². The highest BCUT2D eigenvalue weighted by atomic mass is 32.1. The first-order chi connectivity index (χ1) is 8.08. The molecule has 0 radical (unpaired) electrons. The molecule has 1 heterocycles. The molecule has 0 saturated heterocycles. The van der Waals surface area contributed by atoms with Gasteiger partial charge >= 0.3 is 6.03 Å². The van der Waals surface area contributed by atoms with E-state index in [9.17, 15) is 4.79 Å². The Bertz CT molecular complexity index is 352. The lowest BCUT2D eigenvalue weighted by molar-refractivity contribution is 0.183. The minimum Gasteiger partial charge on any atom is -0.393 e. The molecular formula is C11H19N3O2S. The molecule has 17 heavy (non-hydrogen) atoms. The summed E-state index contributed by atoms with van der Waals surface area (Å²) >= 11 is 1.61. The highest BCUT2D eigenvalue weighted by molar-refractivity contribution is 7.09. The van der Waals surface area contributed by atoms with E-state index >= 15 is 0 Å². The number of nitrogens with one attached hydrogen (secondary N) is 2. The van der Waals surface area contributed by atoms with Crippen molar-refractivity contribution in [2.45, 2.75) is 32.8 Å². The van der Waals surface area contributed by atoms with Crippen LogP contribution < -0.4 is 10.6 Å². The Labute approximate surface area is 105 Å². The normalized spacial score (nSPS) is 12.2. The molecule has 0 fully saturated rings. The molecule has 1 aromatic rings. The van der Waals surface area contributed by atoms with Crippen molar-refractivity contribution in [1.29, 1.82) is 0 Å². The lowest BCUT2D eigenvalue weighted by Crippen LogP contribution is -2.37. The smallest absolute Gasteiger partial charge is 0.314 e. The SMILES string of the molecule is Cc1nc(CCNC(=O)NCCC(C)O)cs1. The van der Waals surface area contributed by atoms with E-state index in [-0.39, 0.29) is 12.1 Å². The third-order valence-corrected chi connectivity index (χ3v) is 3.00. The number of urea groups is 1. The summed E-state index contributed by atoms with van der Waals surface area (Å²) in [5.41, 5.74) is 1.01. The summed E-state index contributed by atoms with van der Waals surface area (Å²) in [6, 6.07) is -0.197. The minimum absolute atomic E-state index is 0.197. The molecule has 0 saturated carbocycles. The molecule has 0 spiro atoms. The van der Waals surface area contributed by atoms with Gasteiger partial charge in [0.1, 0.15) is 0 Å². The third-order valence-electron chi connectivity index (χ3n) is 2.18. The van der Waals surface area contributed by atoms with Crippen LogP contribution in [-0.4, -0.2) is 35.3 Å². The average molecular weight is 257 g/mol. The fourth-order valence-electron chi connectivity index (χ4n) is 1.28. The molecule has 0 aliphatic carbocycles. The van der Waals surface area contributed by atoms with E-state index in [1.54, 1.807) is 18.3 Å². The molecule has 1 rings (SSSR count). The second-order valence-corrected chi connectivity index (χ2v) is 4.99. The summed E-state index contributed by atoms with van der Waals surface area (Å²) in [7, 11) is 0. The maximum absolute atomic E-state index is 11.3. The molecule has 0 aromatic carbocycles. The lowest BCUT2D eigenvalue weighted by atomic mass is 10.3. The van der Waals surface area contributed by atoms with Crippen LogP contribution in [0.5, 0.6) is 0 Å². The topological polar surface area (TPSA) is 74.2 Å². The van der Waals surface area contributed by atoms with Crippen LogP contribution in [0.1, 0.15) is 24.0 Å². The Hall–Kier alpha value is -1.14. The van der Waals surface area contributed by atoms with Gasteiger partial charge in [0.15, 0.2) is 0 Å². The highest BCUT2D eigenvalue weighted by Gasteiger charge is 2.02. The molecule has 0 aliphatic rings. The van der Waals surface area contributed by atoms with Gasteiger partial charge in [-0.1, -0.05) is 0 Å². The number of hydrogen-bond acceptors (Lipinski definition) is 4. The number of aromatic nitrogens is 1. The van der Waals surface area contributed by atoms with Crippen molar-refractivity contribution in [3.63, 3.8) is 0 Å². The predicted octanol–water partition coefficient (Wildman–Crippen LogP) is 1.06. The van der Waals surface area contributed by atoms with Crippen molar-refractivity contribution in [2.75, 3.05) is 13.1 Å². The minimum atomic E-state index is -0.381. The summed E-state index contributed by atoms with van der Waals surface area (Å²) in [6.45, 7) is 4.72. The first-order valence-electron chi connectivity index (χ1n) is 5.68. The van der Waals surface area contributed by atoms with Gasteiger partial charge in [0.2, 0.25) is 0 Å². The number of hydrogen-bond donors (Lipinski definition) is 3. The van der Waals surface area contributed by atoms with Gasteiger partial charge in [-0.25, -0.2) is 9.78 Å². The van der Waals surface area contributed by atoms with Crippen LogP contribution >= 0.6 is 11.3 Å². The molecule has 1 unspecified atom stereocenters. The third kappa shape index (κ3) is 6.23. The van der Waals surface area contributed by atoms with Crippen molar-refractivity contribution in [1.82, 2.24) is 15.6 Å². The predicted molar refractivity (Wildman–Crippen MR) is 68.3 cm³/mol. The largest absolute Gasteiger partial charge is 0.393 e. The number of aryl methyl sites for hydroxylation is 1. The van der Waals surface area contributed by atoms with Crippen molar-refractivity contribution in [3.8, 4) is 0 Å². The van der Waals surface area contributed by atoms with Crippen LogP contribution in [0.2, 0.25) is 0 Å². The number of aliphatic hydroxyl groups is 1. The monoisotopic (exact) mass is 257 g/mol. The van der Waals surface area contributed by atoms with Crippen molar-refractivity contribution in [3.05, 3.63) is 16.1 Å². The Balaban J connectivity index is 2.08. The average Bonchev–Trinajstić information content (AvgIpc) is 2.63. The van der Waals surface area contributed by atoms with Crippen molar-refractivity contribution in [2.24, 2.45) is 0 Å². The number of carbonyl (C=O) groups excluding carboxylic acids is 1. The summed E-state index contributed by atoms with van der Waals surface area (Å²) < 4.78 is 0. The number of amides is 2. The van der Waals surface area contributed by atoms with E-state index < -0.39 is 0 Å². The van der Waals surface area contributed by atoms with Gasteiger partial charge in [0.25, 0.3) is 0 Å². The van der Waals surface area contributed by atoms with Gasteiger partial charge in [0, 0.05) is 24.9 Å². The zero-order chi connectivity index (χ0) is 12.7. The fourth-order valence-corrected chi connectivity index (χ4v) is 1.93. The van der Waals surface area contributed by atoms with Gasteiger partial charge in [0.05, 0.1) is 16.8 Å². The molecule has 96 valence electrons. The Kier molecular flexibility index (Phi) is 5.93. The van der Waals surface area contributed by atoms with Crippen molar-refractivity contribution >= 4 is 17.4 Å². The molecule has 3 N–H and O–H groups in total. The van der Waals surface area contributed by atoms with Crippen LogP contribution in [0.4, 0.5) is 4.79 Å². The molecule has 1 atom stereocenters. The second-order valence-electron chi connectivity index (χ2n) is 3.93. The lowest BCUT2D eigenvalue weighted by Gasteiger charge is -2.07. The molecular weight excluding hydrogens is 238 g/mol. The van der Waals surface area contributed by atoms with Gasteiger partial charge in [-0.05, 0) is 20.3 Å². The van der Waals surface area contributed by atoms with Crippen LogP contribution in [0.15, 0.2) is 5.38 Å². The summed E-state index contributed by atoms with van der Waals surface area (Å²) in [6.07, 6.45) is 0.931. The van der Waals surface area contributed by atoms with E-state index in [4.69, 9.17) is 5.11 Å². The van der Waals surface area contributed by atoms with Crippen molar-refractivity contribution < 1.29 is 9.90 Å². The number of carbonyl (C=O) groups is 1. The van der Waals surface area contributed by atoms with Gasteiger partial charge < -0.3 is 15.7 Å². The van der Waals surface area contributed by atoms with E-state index in [0.29, 0.717) is 19.5 Å². The van der Waals surface area contributed by atoms with Crippen LogP contribution in [0, 0.1) is 6.92 Å². The van der Waals surface area contributed by atoms with Crippen LogP contribution in [0.3, 0.4) is 0 Å². The zero-order valence-electron chi connectivity index (χ0n) is 10.2. The number of rotatable bonds is 6. The Morgan fingerprint density at radius 3 is 2.82 bits per heavy atom. The quantitative estimate of drug-likeness (QED) is 0.713. The van der Waals surface area contributed by atoms with Crippen LogP contribution in [-0.2, 0) is 6.42 Å². The maximum Gasteiger partial charge on any atom is 0.314 e. The molecule has 0 aliphatic heterocycles. The Morgan fingerprint density at radius 1 is 1.53 bits per heavy atom. The summed E-state index contributed by atoms with van der Waals surface area (Å²) in [4.78, 5) is 15.6. The van der Waals surface area contributed by atoms with Gasteiger partial charge in [-0.3, -0.25) is 0 Å². The number of thiazole rings is 1. The first-order valence-corrected chi connectivity index (χ1v) is 6.56. The molecule has 2 amide bonds. The van der Waals surface area contributed by atoms with Crippen LogP contribution in [0.25, 0.3) is 0 Å². The zero-order valence-corrected chi connectivity index (χ0v) is 11.0. The molecule has 5 nitrogen and oxygen atoms in total. The summed E-state index contributed by atoms with van der Waals surface area (Å²) in [5.74, 6) is 0. The molecule has 0 bridgehead atoms. The first kappa shape index (κ1) is 13.9. The van der Waals surface area contributed by atoms with Gasteiger partial charge in [-0.15, -0.1) is 11.3 Å². The standard InChI is InChI=1S/C11H19N3O2S/c1-8(15)3-5-12-11(16)13-6-4-10-7-17-9(2)14-10/h7-8,15H,3-6H2,1-2H3,(H2,12,13,16). The fraction of sp³-hybridized carbons (Fsp3) is 0.636. The summed E-state index contributed by atoms with van der Waals surface area (Å²) in [5, 5.41) is 17.5. The highest BCUT2D eigenvalue weighted by Crippen LogP contribution is 2.07. The van der Waals surface area contributed by atoms with E-state index in [1.165, 1.54) is 0 Å². The molecule has 6 heteroatoms. The van der Waals surface area contributed by atoms with Gasteiger partial charge in [-0.2, -0.15) is 0 Å². The Morgan fingerprint density at radius 2 is 2.24 bits per heavy atom. The van der Waals surface area contributed by atoms with E-state index in [1.807, 2.05) is 12.3 Å². The van der Waals surface area contributed by atoms with E-state index in [2.05, 4.69) is 15.6 Å².